The largest absolute Gasteiger partial charge is 0.451 e. The molecule has 0 fully saturated rings. The second-order valence-electron chi connectivity index (χ2n) is 8.09. The van der Waals surface area contributed by atoms with Gasteiger partial charge in [-0.25, -0.2) is 13.6 Å². The van der Waals surface area contributed by atoms with Crippen LogP contribution >= 0.6 is 0 Å². The first-order valence-electron chi connectivity index (χ1n) is 9.99. The number of nitrogens with one attached hydrogen (secondary N) is 2. The van der Waals surface area contributed by atoms with Gasteiger partial charge in [-0.3, -0.25) is 4.79 Å². The fourth-order valence-corrected chi connectivity index (χ4v) is 2.93. The van der Waals surface area contributed by atoms with E-state index in [-0.39, 0.29) is 24.4 Å². The van der Waals surface area contributed by atoms with Gasteiger partial charge in [0.05, 0.1) is 0 Å². The molecule has 0 atom stereocenters. The lowest BCUT2D eigenvalue weighted by atomic mass is 10.1. The molecule has 0 spiro atoms. The Bertz CT molecular complexity index is 1120. The molecule has 1 heterocycles. The summed E-state index contributed by atoms with van der Waals surface area (Å²) < 4.78 is 37.7. The summed E-state index contributed by atoms with van der Waals surface area (Å²) in [6.45, 7) is 5.43. The summed E-state index contributed by atoms with van der Waals surface area (Å²) in [4.78, 5) is 24.3. The van der Waals surface area contributed by atoms with E-state index in [0.717, 1.165) is 17.7 Å². The molecule has 0 aliphatic heterocycles. The van der Waals surface area contributed by atoms with Crippen LogP contribution in [0.4, 0.5) is 13.6 Å². The maximum absolute atomic E-state index is 13.7. The number of ether oxygens (including phenoxy) is 1. The molecule has 2 aromatic carbocycles. The summed E-state index contributed by atoms with van der Waals surface area (Å²) in [7, 11) is 0. The third-order valence-electron chi connectivity index (χ3n) is 4.39. The van der Waals surface area contributed by atoms with E-state index in [1.165, 1.54) is 12.1 Å². The van der Waals surface area contributed by atoms with Gasteiger partial charge < -0.3 is 19.8 Å². The minimum absolute atomic E-state index is 0.0393. The maximum Gasteiger partial charge on any atom is 0.407 e. The minimum Gasteiger partial charge on any atom is -0.451 e. The first-order valence-corrected chi connectivity index (χ1v) is 9.99. The van der Waals surface area contributed by atoms with Crippen LogP contribution in [-0.2, 0) is 17.8 Å². The third kappa shape index (κ3) is 6.16. The number of hydrogen-bond acceptors (Lipinski definition) is 4. The highest BCUT2D eigenvalue weighted by Gasteiger charge is 2.18. The quantitative estimate of drug-likeness (QED) is 0.551. The standard InChI is InChI=1S/C24H24F2N2O4/c1-24(2,3)32-23(30)28-13-15-6-4-5-7-18(15)20-10-11-21(31-20)22(29)27-14-16-8-9-17(25)12-19(16)26/h4-12H,13-14H2,1-3H3,(H,27,29)(H,28,30). The van der Waals surface area contributed by atoms with E-state index in [1.807, 2.05) is 18.2 Å². The number of amides is 2. The SMILES string of the molecule is CC(C)(C)OC(=O)NCc1ccccc1-c1ccc(C(=O)NCc2ccc(F)cc2F)o1. The van der Waals surface area contributed by atoms with Gasteiger partial charge in [0.25, 0.3) is 5.91 Å². The van der Waals surface area contributed by atoms with Gasteiger partial charge in [-0.1, -0.05) is 30.3 Å². The number of halogens is 2. The maximum atomic E-state index is 13.7. The van der Waals surface area contributed by atoms with Crippen molar-refractivity contribution in [3.63, 3.8) is 0 Å². The number of rotatable bonds is 6. The van der Waals surface area contributed by atoms with Gasteiger partial charge in [0.2, 0.25) is 0 Å². The summed E-state index contributed by atoms with van der Waals surface area (Å²) in [6, 6.07) is 13.6. The van der Waals surface area contributed by atoms with Crippen LogP contribution in [0.25, 0.3) is 11.3 Å². The van der Waals surface area contributed by atoms with Crippen LogP contribution in [0, 0.1) is 11.6 Å². The van der Waals surface area contributed by atoms with Gasteiger partial charge in [-0.05, 0) is 44.5 Å². The lowest BCUT2D eigenvalue weighted by molar-refractivity contribution is 0.0523. The number of carbonyl (C=O) groups excluding carboxylic acids is 2. The molecule has 1 aromatic heterocycles. The highest BCUT2D eigenvalue weighted by atomic mass is 19.1. The van der Waals surface area contributed by atoms with Crippen LogP contribution in [0.2, 0.25) is 0 Å². The third-order valence-corrected chi connectivity index (χ3v) is 4.39. The topological polar surface area (TPSA) is 80.6 Å². The molecular formula is C24H24F2N2O4. The van der Waals surface area contributed by atoms with Crippen LogP contribution in [0.1, 0.15) is 42.5 Å². The highest BCUT2D eigenvalue weighted by Crippen LogP contribution is 2.26. The van der Waals surface area contributed by atoms with Crippen LogP contribution in [-0.4, -0.2) is 17.6 Å². The predicted octanol–water partition coefficient (Wildman–Crippen LogP) is 5.18. The van der Waals surface area contributed by atoms with Gasteiger partial charge in [0.1, 0.15) is 23.0 Å². The molecule has 8 heteroatoms. The van der Waals surface area contributed by atoms with Crippen LogP contribution in [0.5, 0.6) is 0 Å². The molecule has 6 nitrogen and oxygen atoms in total. The minimum atomic E-state index is -0.739. The van der Waals surface area contributed by atoms with Gasteiger partial charge in [-0.15, -0.1) is 0 Å². The fourth-order valence-electron chi connectivity index (χ4n) is 2.93. The highest BCUT2D eigenvalue weighted by molar-refractivity contribution is 5.92. The zero-order chi connectivity index (χ0) is 23.3. The summed E-state index contributed by atoms with van der Waals surface area (Å²) in [6.07, 6.45) is -0.542. The fraction of sp³-hybridized carbons (Fsp3) is 0.250. The number of carbonyl (C=O) groups is 2. The van der Waals surface area contributed by atoms with E-state index >= 15 is 0 Å². The van der Waals surface area contributed by atoms with Crippen molar-refractivity contribution in [2.45, 2.75) is 39.5 Å². The number of furan rings is 1. The molecule has 168 valence electrons. The number of alkyl carbamates (subject to hydrolysis) is 1. The molecule has 0 saturated carbocycles. The van der Waals surface area contributed by atoms with E-state index in [4.69, 9.17) is 9.15 Å². The van der Waals surface area contributed by atoms with Crippen molar-refractivity contribution in [1.29, 1.82) is 0 Å². The van der Waals surface area contributed by atoms with E-state index in [0.29, 0.717) is 11.3 Å². The van der Waals surface area contributed by atoms with Gasteiger partial charge >= 0.3 is 6.09 Å². The molecule has 0 unspecified atom stereocenters. The Balaban J connectivity index is 1.67. The van der Waals surface area contributed by atoms with Crippen molar-refractivity contribution in [3.8, 4) is 11.3 Å². The van der Waals surface area contributed by atoms with Crippen molar-refractivity contribution in [1.82, 2.24) is 10.6 Å². The Hall–Kier alpha value is -3.68. The normalized spacial score (nSPS) is 11.2. The molecule has 32 heavy (non-hydrogen) atoms. The van der Waals surface area contributed by atoms with Crippen molar-refractivity contribution >= 4 is 12.0 Å². The van der Waals surface area contributed by atoms with Crippen molar-refractivity contribution in [2.24, 2.45) is 0 Å². The summed E-state index contributed by atoms with van der Waals surface area (Å²) >= 11 is 0. The number of hydrogen-bond donors (Lipinski definition) is 2. The Labute approximate surface area is 184 Å². The zero-order valence-corrected chi connectivity index (χ0v) is 18.0. The first-order chi connectivity index (χ1) is 15.1. The first kappa shape index (κ1) is 23.0. The van der Waals surface area contributed by atoms with Crippen LogP contribution in [0.3, 0.4) is 0 Å². The molecule has 0 radical (unpaired) electrons. The van der Waals surface area contributed by atoms with Gasteiger partial charge in [-0.2, -0.15) is 0 Å². The molecule has 3 rings (SSSR count). The van der Waals surface area contributed by atoms with E-state index < -0.39 is 29.2 Å². The molecule has 2 amide bonds. The number of benzene rings is 2. The van der Waals surface area contributed by atoms with E-state index in [2.05, 4.69) is 10.6 Å². The van der Waals surface area contributed by atoms with Crippen LogP contribution in [0.15, 0.2) is 59.0 Å². The molecular weight excluding hydrogens is 418 g/mol. The van der Waals surface area contributed by atoms with Crippen LogP contribution < -0.4 is 10.6 Å². The second kappa shape index (κ2) is 9.64. The smallest absolute Gasteiger partial charge is 0.407 e. The van der Waals surface area contributed by atoms with Gasteiger partial charge in [0, 0.05) is 30.3 Å². The van der Waals surface area contributed by atoms with Crippen molar-refractivity contribution in [2.75, 3.05) is 0 Å². The lowest BCUT2D eigenvalue weighted by Gasteiger charge is -2.20. The summed E-state index contributed by atoms with van der Waals surface area (Å²) in [5, 5.41) is 5.25. The zero-order valence-electron chi connectivity index (χ0n) is 18.0. The predicted molar refractivity (Wildman–Crippen MR) is 115 cm³/mol. The Morgan fingerprint density at radius 2 is 1.66 bits per heavy atom. The average Bonchev–Trinajstić information content (AvgIpc) is 3.20. The molecule has 3 aromatic rings. The Morgan fingerprint density at radius 1 is 0.938 bits per heavy atom. The van der Waals surface area contributed by atoms with Crippen molar-refractivity contribution < 1.29 is 27.5 Å². The lowest BCUT2D eigenvalue weighted by Crippen LogP contribution is -2.32. The molecule has 0 bridgehead atoms. The summed E-state index contributed by atoms with van der Waals surface area (Å²) in [5.74, 6) is -1.49. The average molecular weight is 442 g/mol. The Kier molecular flexibility index (Phi) is 6.92. The Morgan fingerprint density at radius 3 is 2.38 bits per heavy atom. The molecule has 0 aliphatic carbocycles. The molecule has 0 saturated heterocycles. The monoisotopic (exact) mass is 442 g/mol. The summed E-state index contributed by atoms with van der Waals surface area (Å²) in [5.41, 5.74) is 1.02. The second-order valence-corrected chi connectivity index (χ2v) is 8.09. The molecule has 0 aliphatic rings. The van der Waals surface area contributed by atoms with Crippen molar-refractivity contribution in [3.05, 3.63) is 83.1 Å². The van der Waals surface area contributed by atoms with Gasteiger partial charge in [0.15, 0.2) is 5.76 Å². The molecule has 2 N–H and O–H groups in total. The van der Waals surface area contributed by atoms with E-state index in [1.54, 1.807) is 32.9 Å². The van der Waals surface area contributed by atoms with E-state index in [9.17, 15) is 18.4 Å².